The van der Waals surface area contributed by atoms with E-state index in [4.69, 9.17) is 23.7 Å². The van der Waals surface area contributed by atoms with Crippen LogP contribution in [0.5, 0.6) is 23.0 Å². The van der Waals surface area contributed by atoms with Gasteiger partial charge in [0.1, 0.15) is 17.5 Å². The van der Waals surface area contributed by atoms with Gasteiger partial charge in [0.2, 0.25) is 6.79 Å². The maximum atomic E-state index is 13.8. The van der Waals surface area contributed by atoms with Crippen LogP contribution >= 0.6 is 11.3 Å². The largest absolute Gasteiger partial charge is 0.497 e. The van der Waals surface area contributed by atoms with Crippen LogP contribution in [-0.2, 0) is 9.53 Å². The Labute approximate surface area is 210 Å². The molecule has 0 saturated carbocycles. The lowest BCUT2D eigenvalue weighted by molar-refractivity contribution is -0.139. The summed E-state index contributed by atoms with van der Waals surface area (Å²) in [5.41, 5.74) is 1.87. The normalized spacial score (nSPS) is 16.4. The third-order valence-electron chi connectivity index (χ3n) is 5.95. The van der Waals surface area contributed by atoms with Crippen molar-refractivity contribution in [3.05, 3.63) is 78.5 Å². The second-order valence-electron chi connectivity index (χ2n) is 8.02. The smallest absolute Gasteiger partial charge is 0.338 e. The van der Waals surface area contributed by atoms with Crippen molar-refractivity contribution in [1.82, 2.24) is 4.57 Å². The molecule has 9 nitrogen and oxygen atoms in total. The van der Waals surface area contributed by atoms with E-state index in [0.717, 1.165) is 5.56 Å². The predicted molar refractivity (Wildman–Crippen MR) is 133 cm³/mol. The van der Waals surface area contributed by atoms with Crippen molar-refractivity contribution in [2.24, 2.45) is 4.99 Å². The summed E-state index contributed by atoms with van der Waals surface area (Å²) in [6.07, 6.45) is 1.78. The predicted octanol–water partition coefficient (Wildman–Crippen LogP) is 2.54. The molecule has 1 aromatic heterocycles. The van der Waals surface area contributed by atoms with Crippen LogP contribution in [0, 0.1) is 0 Å². The first-order valence-corrected chi connectivity index (χ1v) is 12.1. The summed E-state index contributed by atoms with van der Waals surface area (Å²) in [5.74, 6) is 1.81. The number of rotatable bonds is 6. The van der Waals surface area contributed by atoms with Gasteiger partial charge in [-0.05, 0) is 49.8 Å². The molecule has 3 aromatic rings. The summed E-state index contributed by atoms with van der Waals surface area (Å²) in [6, 6.07) is 9.95. The van der Waals surface area contributed by atoms with Gasteiger partial charge in [0.25, 0.3) is 5.56 Å². The van der Waals surface area contributed by atoms with Gasteiger partial charge in [0.05, 0.1) is 36.6 Å². The molecule has 2 aliphatic heterocycles. The highest BCUT2D eigenvalue weighted by atomic mass is 32.1. The van der Waals surface area contributed by atoms with E-state index in [1.807, 2.05) is 12.1 Å². The SMILES string of the molecule is CCOC(=O)C1=C(C)N=c2sc(=Cc3ccc4c(c3)OCO4)c(=O)n2C1c1ccc(OC)cc1OC. The molecule has 2 aliphatic rings. The molecule has 36 heavy (non-hydrogen) atoms. The number of hydrogen-bond donors (Lipinski definition) is 0. The van der Waals surface area contributed by atoms with Gasteiger partial charge in [0, 0.05) is 11.6 Å². The third-order valence-corrected chi connectivity index (χ3v) is 6.93. The summed E-state index contributed by atoms with van der Waals surface area (Å²) in [4.78, 5) is 31.9. The number of methoxy groups -OCH3 is 2. The van der Waals surface area contributed by atoms with Gasteiger partial charge in [-0.1, -0.05) is 17.4 Å². The maximum Gasteiger partial charge on any atom is 0.338 e. The molecule has 0 saturated heterocycles. The van der Waals surface area contributed by atoms with Crippen molar-refractivity contribution in [2.75, 3.05) is 27.6 Å². The Hall–Kier alpha value is -4.05. The van der Waals surface area contributed by atoms with E-state index in [1.54, 1.807) is 51.3 Å². The van der Waals surface area contributed by atoms with Crippen LogP contribution in [0.2, 0.25) is 0 Å². The number of aromatic nitrogens is 1. The lowest BCUT2D eigenvalue weighted by Crippen LogP contribution is -2.40. The zero-order valence-electron chi connectivity index (χ0n) is 20.2. The molecule has 0 fully saturated rings. The van der Waals surface area contributed by atoms with E-state index in [-0.39, 0.29) is 24.5 Å². The van der Waals surface area contributed by atoms with E-state index < -0.39 is 12.0 Å². The summed E-state index contributed by atoms with van der Waals surface area (Å²) in [5, 5.41) is 0. The van der Waals surface area contributed by atoms with Crippen LogP contribution in [0.25, 0.3) is 6.08 Å². The van der Waals surface area contributed by atoms with Gasteiger partial charge >= 0.3 is 5.97 Å². The van der Waals surface area contributed by atoms with Crippen LogP contribution < -0.4 is 33.8 Å². The first-order valence-electron chi connectivity index (χ1n) is 11.3. The Bertz CT molecular complexity index is 1570. The first-order chi connectivity index (χ1) is 17.4. The zero-order valence-corrected chi connectivity index (χ0v) is 21.0. The molecule has 0 bridgehead atoms. The molecule has 0 N–H and O–H groups in total. The number of thiazole rings is 1. The fourth-order valence-corrected chi connectivity index (χ4v) is 5.33. The van der Waals surface area contributed by atoms with Crippen LogP contribution in [0.3, 0.4) is 0 Å². The molecule has 0 spiro atoms. The minimum absolute atomic E-state index is 0.167. The number of esters is 1. The first kappa shape index (κ1) is 23.7. The van der Waals surface area contributed by atoms with Gasteiger partial charge in [-0.25, -0.2) is 9.79 Å². The van der Waals surface area contributed by atoms with Crippen molar-refractivity contribution in [3.63, 3.8) is 0 Å². The fourth-order valence-electron chi connectivity index (χ4n) is 4.28. The number of carbonyl (C=O) groups excluding carboxylic acids is 1. The average molecular weight is 509 g/mol. The number of allylic oxidation sites excluding steroid dienone is 1. The lowest BCUT2D eigenvalue weighted by atomic mass is 9.95. The maximum absolute atomic E-state index is 13.8. The number of hydrogen-bond acceptors (Lipinski definition) is 9. The number of carbonyl (C=O) groups is 1. The zero-order chi connectivity index (χ0) is 25.4. The van der Waals surface area contributed by atoms with E-state index in [0.29, 0.717) is 43.6 Å². The Morgan fingerprint density at radius 2 is 1.97 bits per heavy atom. The molecular formula is C26H24N2O7S. The number of nitrogens with zero attached hydrogens (tertiary/aromatic N) is 2. The van der Waals surface area contributed by atoms with Crippen LogP contribution in [-0.4, -0.2) is 38.2 Å². The second-order valence-corrected chi connectivity index (χ2v) is 9.03. The highest BCUT2D eigenvalue weighted by Crippen LogP contribution is 2.37. The van der Waals surface area contributed by atoms with Crippen LogP contribution in [0.4, 0.5) is 0 Å². The van der Waals surface area contributed by atoms with Gasteiger partial charge in [-0.15, -0.1) is 0 Å². The molecule has 186 valence electrons. The third kappa shape index (κ3) is 4.03. The minimum Gasteiger partial charge on any atom is -0.497 e. The molecule has 2 aromatic carbocycles. The Morgan fingerprint density at radius 1 is 1.17 bits per heavy atom. The molecule has 0 aliphatic carbocycles. The average Bonchev–Trinajstić information content (AvgIpc) is 3.46. The summed E-state index contributed by atoms with van der Waals surface area (Å²) >= 11 is 1.24. The Balaban J connectivity index is 1.72. The van der Waals surface area contributed by atoms with Crippen molar-refractivity contribution < 1.29 is 28.5 Å². The molecule has 10 heteroatoms. The molecule has 1 atom stereocenters. The lowest BCUT2D eigenvalue weighted by Gasteiger charge is -2.26. The van der Waals surface area contributed by atoms with Gasteiger partial charge < -0.3 is 23.7 Å². The summed E-state index contributed by atoms with van der Waals surface area (Å²) in [7, 11) is 3.09. The number of fused-ring (bicyclic) bond motifs is 2. The highest BCUT2D eigenvalue weighted by molar-refractivity contribution is 7.07. The molecule has 0 radical (unpaired) electrons. The van der Waals surface area contributed by atoms with Gasteiger partial charge in [-0.3, -0.25) is 9.36 Å². The molecular weight excluding hydrogens is 484 g/mol. The topological polar surface area (TPSA) is 97.6 Å². The molecule has 0 amide bonds. The monoisotopic (exact) mass is 508 g/mol. The highest BCUT2D eigenvalue weighted by Gasteiger charge is 2.35. The quantitative estimate of drug-likeness (QED) is 0.472. The van der Waals surface area contributed by atoms with E-state index in [1.165, 1.54) is 23.0 Å². The van der Waals surface area contributed by atoms with Crippen molar-refractivity contribution in [3.8, 4) is 23.0 Å². The van der Waals surface area contributed by atoms with E-state index in [9.17, 15) is 9.59 Å². The minimum atomic E-state index is -0.792. The Kier molecular flexibility index (Phi) is 6.27. The van der Waals surface area contributed by atoms with Crippen molar-refractivity contribution in [1.29, 1.82) is 0 Å². The molecule has 3 heterocycles. The molecule has 1 unspecified atom stereocenters. The Morgan fingerprint density at radius 3 is 2.72 bits per heavy atom. The van der Waals surface area contributed by atoms with Crippen LogP contribution in [0.15, 0.2) is 57.5 Å². The van der Waals surface area contributed by atoms with Gasteiger partial charge in [-0.2, -0.15) is 0 Å². The summed E-state index contributed by atoms with van der Waals surface area (Å²) in [6.45, 7) is 3.83. The van der Waals surface area contributed by atoms with Crippen molar-refractivity contribution >= 4 is 23.4 Å². The van der Waals surface area contributed by atoms with E-state index in [2.05, 4.69) is 4.99 Å². The number of ether oxygens (including phenoxy) is 5. The van der Waals surface area contributed by atoms with Crippen LogP contribution in [0.1, 0.15) is 31.0 Å². The van der Waals surface area contributed by atoms with Gasteiger partial charge in [0.15, 0.2) is 16.3 Å². The second kappa shape index (κ2) is 9.54. The standard InChI is InChI=1S/C26H24N2O7S/c1-5-33-25(30)22-14(2)27-26-28(23(22)17-8-7-16(31-3)12-19(17)32-4)24(29)21(36-26)11-15-6-9-18-20(10-15)35-13-34-18/h6-12,23H,5,13H2,1-4H3. The molecule has 5 rings (SSSR count). The number of benzene rings is 2. The summed E-state index contributed by atoms with van der Waals surface area (Å²) < 4.78 is 29.1. The fraction of sp³-hybridized carbons (Fsp3) is 0.269. The van der Waals surface area contributed by atoms with Crippen molar-refractivity contribution in [2.45, 2.75) is 19.9 Å². The van der Waals surface area contributed by atoms with E-state index >= 15 is 0 Å².